The van der Waals surface area contributed by atoms with Gasteiger partial charge in [-0.1, -0.05) is 146 Å². The molecule has 0 aliphatic heterocycles. The number of nitrogens with one attached hydrogen (secondary N) is 2. The molecule has 8 aromatic carbocycles. The van der Waals surface area contributed by atoms with Crippen LogP contribution in [0.2, 0.25) is 0 Å². The Labute approximate surface area is 290 Å². The summed E-state index contributed by atoms with van der Waals surface area (Å²) in [4.78, 5) is 27.7. The van der Waals surface area contributed by atoms with E-state index in [4.69, 9.17) is 0 Å². The lowest BCUT2D eigenvalue weighted by molar-refractivity contribution is 0.101. The molecule has 0 saturated heterocycles. The molecule has 8 rings (SSSR count). The molecular formula is C46H32N2O2. The van der Waals surface area contributed by atoms with Gasteiger partial charge in [-0.25, -0.2) is 0 Å². The maximum atomic E-state index is 13.8. The van der Waals surface area contributed by atoms with E-state index in [1.807, 2.05) is 133 Å². The molecule has 238 valence electrons. The Morgan fingerprint density at radius 3 is 1.06 bits per heavy atom. The quantitative estimate of drug-likeness (QED) is 0.181. The first kappa shape index (κ1) is 30.5. The van der Waals surface area contributed by atoms with Gasteiger partial charge >= 0.3 is 0 Å². The molecule has 4 heteroatoms. The van der Waals surface area contributed by atoms with Gasteiger partial charge in [0.2, 0.25) is 0 Å². The Morgan fingerprint density at radius 1 is 0.320 bits per heavy atom. The highest BCUT2D eigenvalue weighted by molar-refractivity contribution is 6.19. The molecule has 0 unspecified atom stereocenters. The van der Waals surface area contributed by atoms with Gasteiger partial charge in [-0.05, 0) is 80.2 Å². The molecule has 0 heterocycles. The van der Waals surface area contributed by atoms with E-state index in [0.717, 1.165) is 54.9 Å². The summed E-state index contributed by atoms with van der Waals surface area (Å²) in [6.07, 6.45) is 0. The van der Waals surface area contributed by atoms with Gasteiger partial charge in [0.15, 0.2) is 0 Å². The second-order valence-corrected chi connectivity index (χ2v) is 12.2. The van der Waals surface area contributed by atoms with Crippen molar-refractivity contribution >= 4 is 44.7 Å². The number of fused-ring (bicyclic) bond motifs is 2. The van der Waals surface area contributed by atoms with Crippen molar-refractivity contribution in [1.82, 2.24) is 0 Å². The smallest absolute Gasteiger partial charge is 0.255 e. The number of benzene rings is 8. The topological polar surface area (TPSA) is 58.2 Å². The van der Waals surface area contributed by atoms with E-state index in [2.05, 4.69) is 59.2 Å². The average Bonchev–Trinajstić information content (AvgIpc) is 3.19. The van der Waals surface area contributed by atoms with Crippen molar-refractivity contribution in [3.63, 3.8) is 0 Å². The highest BCUT2D eigenvalue weighted by Crippen LogP contribution is 2.44. The lowest BCUT2D eigenvalue weighted by Crippen LogP contribution is -2.14. The summed E-state index contributed by atoms with van der Waals surface area (Å²) in [5, 5.41) is 10.4. The summed E-state index contributed by atoms with van der Waals surface area (Å²) >= 11 is 0. The minimum absolute atomic E-state index is 0.217. The lowest BCUT2D eigenvalue weighted by atomic mass is 9.90. The predicted octanol–water partition coefficient (Wildman–Crippen LogP) is 11.5. The maximum absolute atomic E-state index is 13.8. The van der Waals surface area contributed by atoms with Gasteiger partial charge in [-0.15, -0.1) is 0 Å². The zero-order chi connectivity index (χ0) is 33.9. The summed E-state index contributed by atoms with van der Waals surface area (Å²) in [5.41, 5.74) is 8.35. The third kappa shape index (κ3) is 6.02. The Balaban J connectivity index is 1.20. The van der Waals surface area contributed by atoms with Crippen molar-refractivity contribution < 1.29 is 9.59 Å². The van der Waals surface area contributed by atoms with Crippen molar-refractivity contribution in [2.45, 2.75) is 0 Å². The number of hydrogen-bond acceptors (Lipinski definition) is 2. The van der Waals surface area contributed by atoms with E-state index in [-0.39, 0.29) is 11.8 Å². The molecule has 0 saturated carbocycles. The molecule has 4 nitrogen and oxygen atoms in total. The van der Waals surface area contributed by atoms with Gasteiger partial charge < -0.3 is 10.6 Å². The van der Waals surface area contributed by atoms with Crippen LogP contribution < -0.4 is 10.6 Å². The Bertz CT molecular complexity index is 2310. The van der Waals surface area contributed by atoms with E-state index < -0.39 is 0 Å². The third-order valence-electron chi connectivity index (χ3n) is 9.11. The van der Waals surface area contributed by atoms with E-state index >= 15 is 0 Å². The SMILES string of the molecule is O=C(Nc1ccc2ccccc2c1-c1c(NC(=O)c2ccc(-c3ccccc3)cc2)ccc2ccccc12)c1ccc(-c2ccccc2)cc1. The first-order chi connectivity index (χ1) is 24.6. The molecule has 0 aliphatic rings. The highest BCUT2D eigenvalue weighted by atomic mass is 16.2. The minimum Gasteiger partial charge on any atom is -0.321 e. The molecule has 2 N–H and O–H groups in total. The molecule has 8 aromatic rings. The number of anilines is 2. The average molecular weight is 645 g/mol. The van der Waals surface area contributed by atoms with Crippen molar-refractivity contribution in [2.24, 2.45) is 0 Å². The maximum Gasteiger partial charge on any atom is 0.255 e. The number of rotatable bonds is 7. The van der Waals surface area contributed by atoms with Crippen LogP contribution in [0.4, 0.5) is 11.4 Å². The summed E-state index contributed by atoms with van der Waals surface area (Å²) < 4.78 is 0. The highest BCUT2D eigenvalue weighted by Gasteiger charge is 2.20. The molecule has 0 fully saturated rings. The van der Waals surface area contributed by atoms with Crippen LogP contribution in [0.1, 0.15) is 20.7 Å². The first-order valence-corrected chi connectivity index (χ1v) is 16.6. The van der Waals surface area contributed by atoms with E-state index in [1.165, 1.54) is 0 Å². The number of carbonyl (C=O) groups excluding carboxylic acids is 2. The van der Waals surface area contributed by atoms with Crippen LogP contribution in [0.15, 0.2) is 182 Å². The fraction of sp³-hybridized carbons (Fsp3) is 0. The fourth-order valence-corrected chi connectivity index (χ4v) is 6.57. The molecule has 50 heavy (non-hydrogen) atoms. The fourth-order valence-electron chi connectivity index (χ4n) is 6.57. The van der Waals surface area contributed by atoms with Crippen molar-refractivity contribution in [1.29, 1.82) is 0 Å². The predicted molar refractivity (Wildman–Crippen MR) is 207 cm³/mol. The Kier molecular flexibility index (Phi) is 8.17. The van der Waals surface area contributed by atoms with E-state index in [0.29, 0.717) is 22.5 Å². The minimum atomic E-state index is -0.217. The molecule has 0 atom stereocenters. The Hall–Kier alpha value is -6.78. The van der Waals surface area contributed by atoms with E-state index in [1.54, 1.807) is 0 Å². The van der Waals surface area contributed by atoms with E-state index in [9.17, 15) is 9.59 Å². The van der Waals surface area contributed by atoms with Crippen LogP contribution in [0, 0.1) is 0 Å². The van der Waals surface area contributed by atoms with Gasteiger partial charge in [0.25, 0.3) is 11.8 Å². The largest absolute Gasteiger partial charge is 0.321 e. The van der Waals surface area contributed by atoms with Gasteiger partial charge in [-0.3, -0.25) is 9.59 Å². The van der Waals surface area contributed by atoms with Gasteiger partial charge in [0, 0.05) is 33.6 Å². The lowest BCUT2D eigenvalue weighted by Gasteiger charge is -2.20. The third-order valence-corrected chi connectivity index (χ3v) is 9.11. The zero-order valence-corrected chi connectivity index (χ0v) is 27.1. The molecule has 0 spiro atoms. The van der Waals surface area contributed by atoms with Gasteiger partial charge in [0.05, 0.1) is 0 Å². The molecule has 0 aliphatic carbocycles. The first-order valence-electron chi connectivity index (χ1n) is 16.6. The molecule has 2 amide bonds. The van der Waals surface area contributed by atoms with Gasteiger partial charge in [-0.2, -0.15) is 0 Å². The summed E-state index contributed by atoms with van der Waals surface area (Å²) in [6, 6.07) is 59.7. The molecule has 0 radical (unpaired) electrons. The number of carbonyl (C=O) groups is 2. The van der Waals surface area contributed by atoms with Gasteiger partial charge in [0.1, 0.15) is 0 Å². The van der Waals surface area contributed by atoms with Crippen LogP contribution in [-0.2, 0) is 0 Å². The van der Waals surface area contributed by atoms with Crippen LogP contribution in [0.25, 0.3) is 54.9 Å². The van der Waals surface area contributed by atoms with Crippen LogP contribution in [-0.4, -0.2) is 11.8 Å². The van der Waals surface area contributed by atoms with Crippen LogP contribution >= 0.6 is 0 Å². The van der Waals surface area contributed by atoms with Crippen molar-refractivity contribution in [2.75, 3.05) is 10.6 Å². The standard InChI is InChI=1S/C46H32N2O2/c49-45(37-23-19-33(20-24-37)31-11-3-1-4-12-31)47-41-29-27-35-15-7-9-17-39(35)43(41)44-40-18-10-8-16-36(40)28-30-42(44)48-46(50)38-25-21-34(22-26-38)32-13-5-2-6-14-32/h1-30H,(H,47,49)(H,48,50). The summed E-state index contributed by atoms with van der Waals surface area (Å²) in [6.45, 7) is 0. The summed E-state index contributed by atoms with van der Waals surface area (Å²) in [7, 11) is 0. The number of hydrogen-bond donors (Lipinski definition) is 2. The van der Waals surface area contributed by atoms with Crippen LogP contribution in [0.3, 0.4) is 0 Å². The second-order valence-electron chi connectivity index (χ2n) is 12.2. The van der Waals surface area contributed by atoms with Crippen LogP contribution in [0.5, 0.6) is 0 Å². The van der Waals surface area contributed by atoms with Crippen molar-refractivity contribution in [3.8, 4) is 33.4 Å². The van der Waals surface area contributed by atoms with Crippen molar-refractivity contribution in [3.05, 3.63) is 193 Å². The molecular weight excluding hydrogens is 613 g/mol. The normalized spacial score (nSPS) is 11.0. The monoisotopic (exact) mass is 644 g/mol. The molecule has 0 bridgehead atoms. The second kappa shape index (κ2) is 13.4. The summed E-state index contributed by atoms with van der Waals surface area (Å²) in [5.74, 6) is -0.434. The Morgan fingerprint density at radius 2 is 0.660 bits per heavy atom. The molecule has 0 aromatic heterocycles. The zero-order valence-electron chi connectivity index (χ0n) is 27.1. The number of amides is 2.